The summed E-state index contributed by atoms with van der Waals surface area (Å²) in [6.07, 6.45) is 1.63. The van der Waals surface area contributed by atoms with E-state index < -0.39 is 12.0 Å². The first-order valence-electron chi connectivity index (χ1n) is 6.10. The molecule has 0 aliphatic carbocycles. The van der Waals surface area contributed by atoms with Crippen LogP contribution in [0.2, 0.25) is 0 Å². The van der Waals surface area contributed by atoms with Crippen LogP contribution in [-0.2, 0) is 17.9 Å². The summed E-state index contributed by atoms with van der Waals surface area (Å²) in [5, 5.41) is 20.0. The minimum atomic E-state index is -0.909. The molecule has 0 fully saturated rings. The van der Waals surface area contributed by atoms with Crippen LogP contribution < -0.4 is 5.32 Å². The smallest absolute Gasteiger partial charge is 0.325 e. The van der Waals surface area contributed by atoms with Crippen molar-refractivity contribution in [2.24, 2.45) is 0 Å². The molecular formula is C13H16N4O2. The van der Waals surface area contributed by atoms with Gasteiger partial charge in [0.2, 0.25) is 0 Å². The van der Waals surface area contributed by atoms with E-state index in [1.807, 2.05) is 29.7 Å². The number of benzene rings is 1. The molecule has 1 aromatic carbocycles. The molecule has 19 heavy (non-hydrogen) atoms. The number of aryl methyl sites for hydroxylation is 1. The van der Waals surface area contributed by atoms with Gasteiger partial charge in [-0.05, 0) is 12.5 Å². The van der Waals surface area contributed by atoms with Crippen LogP contribution in [0.25, 0.3) is 0 Å². The minimum absolute atomic E-state index is 0.361. The Hall–Kier alpha value is -2.21. The van der Waals surface area contributed by atoms with Crippen LogP contribution in [0, 0.1) is 0 Å². The molecule has 0 aliphatic rings. The highest BCUT2D eigenvalue weighted by Crippen LogP contribution is 2.13. The van der Waals surface area contributed by atoms with Crippen LogP contribution in [-0.4, -0.2) is 25.8 Å². The van der Waals surface area contributed by atoms with Crippen LogP contribution in [0.5, 0.6) is 0 Å². The highest BCUT2D eigenvalue weighted by atomic mass is 16.4. The Balaban J connectivity index is 2.09. The number of nitrogens with zero attached hydrogens (tertiary/aromatic N) is 3. The summed E-state index contributed by atoms with van der Waals surface area (Å²) in [5.41, 5.74) is 0.720. The molecule has 6 heteroatoms. The van der Waals surface area contributed by atoms with Gasteiger partial charge in [-0.1, -0.05) is 30.3 Å². The van der Waals surface area contributed by atoms with E-state index in [2.05, 4.69) is 15.5 Å². The van der Waals surface area contributed by atoms with Gasteiger partial charge in [0.1, 0.15) is 18.2 Å². The molecule has 2 N–H and O–H groups in total. The van der Waals surface area contributed by atoms with Gasteiger partial charge < -0.3 is 9.67 Å². The van der Waals surface area contributed by atoms with E-state index >= 15 is 0 Å². The van der Waals surface area contributed by atoms with Crippen molar-refractivity contribution in [1.29, 1.82) is 0 Å². The second-order valence-electron chi connectivity index (χ2n) is 4.10. The monoisotopic (exact) mass is 260 g/mol. The Kier molecular flexibility index (Phi) is 4.25. The van der Waals surface area contributed by atoms with E-state index in [4.69, 9.17) is 0 Å². The highest BCUT2D eigenvalue weighted by Gasteiger charge is 2.19. The summed E-state index contributed by atoms with van der Waals surface area (Å²) in [5.74, 6) is -0.182. The molecule has 0 spiro atoms. The van der Waals surface area contributed by atoms with E-state index in [9.17, 15) is 9.90 Å². The summed E-state index contributed by atoms with van der Waals surface area (Å²) < 4.78 is 1.87. The van der Waals surface area contributed by atoms with Gasteiger partial charge in [0.25, 0.3) is 0 Å². The molecule has 1 unspecified atom stereocenters. The Morgan fingerprint density at radius 2 is 2.16 bits per heavy atom. The average Bonchev–Trinajstić information content (AvgIpc) is 2.87. The van der Waals surface area contributed by atoms with Crippen LogP contribution in [0.3, 0.4) is 0 Å². The molecule has 0 aliphatic heterocycles. The molecule has 2 aromatic rings. The quantitative estimate of drug-likeness (QED) is 0.816. The maximum atomic E-state index is 11.3. The topological polar surface area (TPSA) is 80.0 Å². The zero-order valence-corrected chi connectivity index (χ0v) is 10.7. The Labute approximate surface area is 111 Å². The third-order valence-electron chi connectivity index (χ3n) is 2.88. The molecule has 0 bridgehead atoms. The van der Waals surface area contributed by atoms with Crippen LogP contribution in [0.1, 0.15) is 24.4 Å². The van der Waals surface area contributed by atoms with E-state index in [1.54, 1.807) is 18.5 Å². The second kappa shape index (κ2) is 6.10. The number of hydrogen-bond acceptors (Lipinski definition) is 4. The normalized spacial score (nSPS) is 12.3. The molecule has 1 heterocycles. The van der Waals surface area contributed by atoms with Crippen molar-refractivity contribution >= 4 is 5.97 Å². The fourth-order valence-electron chi connectivity index (χ4n) is 1.87. The van der Waals surface area contributed by atoms with Crippen molar-refractivity contribution < 1.29 is 9.90 Å². The number of nitrogens with one attached hydrogen (secondary N) is 1. The SMILES string of the molecule is CCn1cnnc1CNC(C(=O)O)c1ccccc1. The molecule has 2 rings (SSSR count). The number of rotatable bonds is 6. The Morgan fingerprint density at radius 1 is 1.42 bits per heavy atom. The lowest BCUT2D eigenvalue weighted by Gasteiger charge is -2.14. The van der Waals surface area contributed by atoms with Gasteiger partial charge in [0, 0.05) is 6.54 Å². The zero-order valence-electron chi connectivity index (χ0n) is 10.7. The average molecular weight is 260 g/mol. The van der Waals surface area contributed by atoms with Crippen molar-refractivity contribution in [3.8, 4) is 0 Å². The fourth-order valence-corrected chi connectivity index (χ4v) is 1.87. The lowest BCUT2D eigenvalue weighted by atomic mass is 10.1. The van der Waals surface area contributed by atoms with Crippen LogP contribution in [0.4, 0.5) is 0 Å². The highest BCUT2D eigenvalue weighted by molar-refractivity contribution is 5.75. The summed E-state index contributed by atoms with van der Waals surface area (Å²) in [4.78, 5) is 11.3. The maximum Gasteiger partial charge on any atom is 0.325 e. The van der Waals surface area contributed by atoms with Gasteiger partial charge in [-0.25, -0.2) is 0 Å². The summed E-state index contributed by atoms with van der Waals surface area (Å²) in [7, 11) is 0. The van der Waals surface area contributed by atoms with Crippen molar-refractivity contribution in [2.75, 3.05) is 0 Å². The lowest BCUT2D eigenvalue weighted by molar-refractivity contribution is -0.139. The Bertz CT molecular complexity index is 539. The summed E-state index contributed by atoms with van der Waals surface area (Å²) in [6.45, 7) is 3.10. The summed E-state index contributed by atoms with van der Waals surface area (Å²) >= 11 is 0. The molecule has 0 radical (unpaired) electrons. The number of carbonyl (C=O) groups is 1. The number of carboxylic acids is 1. The van der Waals surface area contributed by atoms with Crippen LogP contribution >= 0.6 is 0 Å². The fraction of sp³-hybridized carbons (Fsp3) is 0.308. The number of carboxylic acid groups (broad SMARTS) is 1. The van der Waals surface area contributed by atoms with Crippen molar-refractivity contribution in [3.05, 3.63) is 48.0 Å². The van der Waals surface area contributed by atoms with Gasteiger partial charge in [-0.3, -0.25) is 10.1 Å². The van der Waals surface area contributed by atoms with Gasteiger partial charge in [0.05, 0.1) is 6.54 Å². The molecule has 0 amide bonds. The second-order valence-corrected chi connectivity index (χ2v) is 4.10. The predicted octanol–water partition coefficient (Wildman–Crippen LogP) is 1.21. The van der Waals surface area contributed by atoms with Crippen molar-refractivity contribution in [3.63, 3.8) is 0 Å². The molecule has 0 saturated carbocycles. The first-order chi connectivity index (χ1) is 9.22. The molecule has 1 atom stereocenters. The third-order valence-corrected chi connectivity index (χ3v) is 2.88. The zero-order chi connectivity index (χ0) is 13.7. The van der Waals surface area contributed by atoms with Gasteiger partial charge in [0.15, 0.2) is 0 Å². The Morgan fingerprint density at radius 3 is 2.79 bits per heavy atom. The number of hydrogen-bond donors (Lipinski definition) is 2. The first-order valence-corrected chi connectivity index (χ1v) is 6.10. The maximum absolute atomic E-state index is 11.3. The van der Waals surface area contributed by atoms with E-state index in [-0.39, 0.29) is 0 Å². The van der Waals surface area contributed by atoms with E-state index in [1.165, 1.54) is 0 Å². The number of aromatic nitrogens is 3. The largest absolute Gasteiger partial charge is 0.480 e. The van der Waals surface area contributed by atoms with Gasteiger partial charge in [-0.2, -0.15) is 0 Å². The van der Waals surface area contributed by atoms with E-state index in [0.717, 1.165) is 17.9 Å². The van der Waals surface area contributed by atoms with E-state index in [0.29, 0.717) is 6.54 Å². The molecule has 100 valence electrons. The lowest BCUT2D eigenvalue weighted by Crippen LogP contribution is -2.29. The minimum Gasteiger partial charge on any atom is -0.480 e. The number of aliphatic carboxylic acids is 1. The third kappa shape index (κ3) is 3.17. The van der Waals surface area contributed by atoms with Gasteiger partial charge >= 0.3 is 5.97 Å². The predicted molar refractivity (Wildman–Crippen MR) is 69.4 cm³/mol. The molecule has 6 nitrogen and oxygen atoms in total. The summed E-state index contributed by atoms with van der Waals surface area (Å²) in [6, 6.07) is 8.33. The molecule has 1 aromatic heterocycles. The first kappa shape index (κ1) is 13.2. The van der Waals surface area contributed by atoms with Gasteiger partial charge in [-0.15, -0.1) is 10.2 Å². The molecular weight excluding hydrogens is 244 g/mol. The standard InChI is InChI=1S/C13H16N4O2/c1-2-17-9-15-16-11(17)8-14-12(13(18)19)10-6-4-3-5-7-10/h3-7,9,12,14H,2,8H2,1H3,(H,18,19). The molecule has 0 saturated heterocycles. The van der Waals surface area contributed by atoms with Crippen molar-refractivity contribution in [1.82, 2.24) is 20.1 Å². The van der Waals surface area contributed by atoms with Crippen LogP contribution in [0.15, 0.2) is 36.7 Å². The van der Waals surface area contributed by atoms with Crippen molar-refractivity contribution in [2.45, 2.75) is 26.1 Å².